The summed E-state index contributed by atoms with van der Waals surface area (Å²) in [4.78, 5) is 10.9. The highest BCUT2D eigenvalue weighted by Gasteiger charge is 2.21. The molecule has 2 unspecified atom stereocenters. The lowest BCUT2D eigenvalue weighted by molar-refractivity contribution is -0.138. The molecule has 3 N–H and O–H groups in total. The van der Waals surface area contributed by atoms with Crippen LogP contribution in [0, 0.1) is 5.92 Å². The van der Waals surface area contributed by atoms with Crippen LogP contribution in [0.4, 0.5) is 0 Å². The summed E-state index contributed by atoms with van der Waals surface area (Å²) in [6.07, 6.45) is 0.759. The Morgan fingerprint density at radius 1 is 1.24 bits per heavy atom. The lowest BCUT2D eigenvalue weighted by atomic mass is 9.94. The number of carbonyl (C=O) groups is 1. The summed E-state index contributed by atoms with van der Waals surface area (Å²) in [6.45, 7) is 8.92. The quantitative estimate of drug-likeness (QED) is 0.689. The van der Waals surface area contributed by atoms with Crippen LogP contribution >= 0.6 is 0 Å². The minimum absolute atomic E-state index is 0.457. The number of hydrogen-bond donors (Lipinski definition) is 3. The van der Waals surface area contributed by atoms with Gasteiger partial charge in [0.2, 0.25) is 0 Å². The zero-order valence-corrected chi connectivity index (χ0v) is 13.4. The summed E-state index contributed by atoms with van der Waals surface area (Å²) in [5.74, 6) is -0.844. The van der Waals surface area contributed by atoms with Crippen molar-refractivity contribution < 1.29 is 15.0 Å². The summed E-state index contributed by atoms with van der Waals surface area (Å²) < 4.78 is 0. The number of rotatable bonds is 8. The molecule has 0 fully saturated rings. The van der Waals surface area contributed by atoms with Gasteiger partial charge in [0.15, 0.2) is 0 Å². The fourth-order valence-electron chi connectivity index (χ4n) is 2.49. The van der Waals surface area contributed by atoms with Crippen LogP contribution < -0.4 is 5.32 Å². The highest BCUT2D eigenvalue weighted by atomic mass is 16.4. The maximum Gasteiger partial charge on any atom is 0.310 e. The lowest BCUT2D eigenvalue weighted by Gasteiger charge is -2.25. The number of aliphatic carboxylic acids is 1. The molecular weight excluding hydrogens is 266 g/mol. The van der Waals surface area contributed by atoms with Gasteiger partial charge in [0.25, 0.3) is 0 Å². The molecule has 0 bridgehead atoms. The zero-order chi connectivity index (χ0) is 16.0. The normalized spacial score (nSPS) is 15.7. The number of carboxylic acids is 1. The molecule has 0 aliphatic carbocycles. The zero-order valence-electron chi connectivity index (χ0n) is 13.4. The van der Waals surface area contributed by atoms with Crippen LogP contribution in [0.2, 0.25) is 0 Å². The van der Waals surface area contributed by atoms with E-state index in [2.05, 4.69) is 19.2 Å². The van der Waals surface area contributed by atoms with Crippen molar-refractivity contribution in [3.63, 3.8) is 0 Å². The van der Waals surface area contributed by atoms with Gasteiger partial charge in [0.05, 0.1) is 11.5 Å². The van der Waals surface area contributed by atoms with Crippen LogP contribution in [0.3, 0.4) is 0 Å². The van der Waals surface area contributed by atoms with Crippen LogP contribution in [0.15, 0.2) is 24.3 Å². The Bertz CT molecular complexity index is 452. The van der Waals surface area contributed by atoms with Crippen molar-refractivity contribution in [2.45, 2.75) is 52.2 Å². The SMILES string of the molecule is CC(C)CC(C)(O)CNCc1ccc(C(C)C(=O)O)cc1. The average molecular weight is 293 g/mol. The predicted octanol–water partition coefficient (Wildman–Crippen LogP) is 2.76. The number of aliphatic hydroxyl groups is 1. The van der Waals surface area contributed by atoms with Gasteiger partial charge >= 0.3 is 5.97 Å². The molecule has 4 nitrogen and oxygen atoms in total. The monoisotopic (exact) mass is 293 g/mol. The smallest absolute Gasteiger partial charge is 0.310 e. The van der Waals surface area contributed by atoms with Gasteiger partial charge in [-0.25, -0.2) is 0 Å². The molecule has 118 valence electrons. The van der Waals surface area contributed by atoms with E-state index < -0.39 is 17.5 Å². The van der Waals surface area contributed by atoms with E-state index in [0.717, 1.165) is 17.5 Å². The summed E-state index contributed by atoms with van der Waals surface area (Å²) >= 11 is 0. The van der Waals surface area contributed by atoms with E-state index in [-0.39, 0.29) is 0 Å². The summed E-state index contributed by atoms with van der Waals surface area (Å²) in [7, 11) is 0. The molecule has 1 aromatic carbocycles. The van der Waals surface area contributed by atoms with E-state index in [1.54, 1.807) is 6.92 Å². The third-order valence-corrected chi connectivity index (χ3v) is 3.53. The van der Waals surface area contributed by atoms with Crippen LogP contribution in [-0.4, -0.2) is 28.3 Å². The molecule has 0 aliphatic rings. The van der Waals surface area contributed by atoms with E-state index in [1.807, 2.05) is 31.2 Å². The topological polar surface area (TPSA) is 69.6 Å². The Labute approximate surface area is 127 Å². The first kappa shape index (κ1) is 17.7. The fourth-order valence-corrected chi connectivity index (χ4v) is 2.49. The third-order valence-electron chi connectivity index (χ3n) is 3.53. The highest BCUT2D eigenvalue weighted by molar-refractivity contribution is 5.75. The highest BCUT2D eigenvalue weighted by Crippen LogP contribution is 2.17. The van der Waals surface area contributed by atoms with Crippen LogP contribution in [0.1, 0.15) is 51.2 Å². The Kier molecular flexibility index (Phi) is 6.37. The predicted molar refractivity (Wildman–Crippen MR) is 84.3 cm³/mol. The molecule has 0 radical (unpaired) electrons. The van der Waals surface area contributed by atoms with Gasteiger partial charge in [0.1, 0.15) is 0 Å². The van der Waals surface area contributed by atoms with Crippen molar-refractivity contribution in [1.29, 1.82) is 0 Å². The molecule has 0 heterocycles. The second-order valence-corrected chi connectivity index (χ2v) is 6.50. The van der Waals surface area contributed by atoms with E-state index in [1.165, 1.54) is 0 Å². The van der Waals surface area contributed by atoms with E-state index in [4.69, 9.17) is 5.11 Å². The number of benzene rings is 1. The maximum atomic E-state index is 10.9. The molecule has 0 aromatic heterocycles. The van der Waals surface area contributed by atoms with Crippen molar-refractivity contribution in [3.05, 3.63) is 35.4 Å². The summed E-state index contributed by atoms with van der Waals surface area (Å²) in [5, 5.41) is 22.4. The van der Waals surface area contributed by atoms with E-state index in [0.29, 0.717) is 19.0 Å². The second-order valence-electron chi connectivity index (χ2n) is 6.50. The molecule has 0 spiro atoms. The van der Waals surface area contributed by atoms with Gasteiger partial charge in [-0.3, -0.25) is 4.79 Å². The molecule has 0 aliphatic heterocycles. The van der Waals surface area contributed by atoms with Gasteiger partial charge in [0, 0.05) is 13.1 Å². The first-order chi connectivity index (χ1) is 9.71. The molecular formula is C17H27NO3. The van der Waals surface area contributed by atoms with Crippen LogP contribution in [0.25, 0.3) is 0 Å². The standard InChI is InChI=1S/C17H27NO3/c1-12(2)9-17(4,21)11-18-10-14-5-7-15(8-6-14)13(3)16(19)20/h5-8,12-13,18,21H,9-11H2,1-4H3,(H,19,20). The van der Waals surface area contributed by atoms with Gasteiger partial charge in [-0.2, -0.15) is 0 Å². The van der Waals surface area contributed by atoms with Crippen molar-refractivity contribution in [1.82, 2.24) is 5.32 Å². The van der Waals surface area contributed by atoms with Gasteiger partial charge in [-0.05, 0) is 37.3 Å². The molecule has 2 atom stereocenters. The minimum atomic E-state index is -0.814. The van der Waals surface area contributed by atoms with Gasteiger partial charge < -0.3 is 15.5 Å². The average Bonchev–Trinajstić information content (AvgIpc) is 2.36. The van der Waals surface area contributed by atoms with Crippen LogP contribution in [-0.2, 0) is 11.3 Å². The molecule has 0 amide bonds. The van der Waals surface area contributed by atoms with E-state index in [9.17, 15) is 9.90 Å². The third kappa shape index (κ3) is 6.27. The molecule has 21 heavy (non-hydrogen) atoms. The van der Waals surface area contributed by atoms with Crippen molar-refractivity contribution >= 4 is 5.97 Å². The Morgan fingerprint density at radius 3 is 2.29 bits per heavy atom. The largest absolute Gasteiger partial charge is 0.481 e. The van der Waals surface area contributed by atoms with Gasteiger partial charge in [-0.1, -0.05) is 38.1 Å². The first-order valence-corrected chi connectivity index (χ1v) is 7.46. The minimum Gasteiger partial charge on any atom is -0.481 e. The van der Waals surface area contributed by atoms with E-state index >= 15 is 0 Å². The maximum absolute atomic E-state index is 10.9. The molecule has 0 saturated heterocycles. The lowest BCUT2D eigenvalue weighted by Crippen LogP contribution is -2.38. The van der Waals surface area contributed by atoms with Crippen LogP contribution in [0.5, 0.6) is 0 Å². The van der Waals surface area contributed by atoms with Crippen molar-refractivity contribution in [2.24, 2.45) is 5.92 Å². The molecule has 1 rings (SSSR count). The number of nitrogens with one attached hydrogen (secondary N) is 1. The second kappa shape index (κ2) is 7.57. The first-order valence-electron chi connectivity index (χ1n) is 7.46. The van der Waals surface area contributed by atoms with Crippen molar-refractivity contribution in [2.75, 3.05) is 6.54 Å². The number of carboxylic acid groups (broad SMARTS) is 1. The fraction of sp³-hybridized carbons (Fsp3) is 0.588. The molecule has 0 saturated carbocycles. The Morgan fingerprint density at radius 2 is 1.81 bits per heavy atom. The van der Waals surface area contributed by atoms with Gasteiger partial charge in [-0.15, -0.1) is 0 Å². The summed E-state index contributed by atoms with van der Waals surface area (Å²) in [5.41, 5.74) is 1.18. The van der Waals surface area contributed by atoms with Crippen molar-refractivity contribution in [3.8, 4) is 0 Å². The molecule has 4 heteroatoms. The summed E-state index contributed by atoms with van der Waals surface area (Å²) in [6, 6.07) is 7.56. The Balaban J connectivity index is 2.48. The molecule has 1 aromatic rings. The Hall–Kier alpha value is -1.39. The number of hydrogen-bond acceptors (Lipinski definition) is 3.